The Morgan fingerprint density at radius 2 is 2.06 bits per heavy atom. The van der Waals surface area contributed by atoms with Crippen molar-refractivity contribution in [1.29, 1.82) is 0 Å². The predicted octanol–water partition coefficient (Wildman–Crippen LogP) is 0.818. The molecule has 3 N–H and O–H groups in total. The van der Waals surface area contributed by atoms with E-state index in [0.29, 0.717) is 19.1 Å². The SMILES string of the molecule is CCC(C)(CN)C(=O)NCCN(C)C(C)C. The van der Waals surface area contributed by atoms with Crippen LogP contribution in [0.2, 0.25) is 0 Å². The molecule has 96 valence electrons. The molecule has 1 atom stereocenters. The van der Waals surface area contributed by atoms with Crippen LogP contribution in [0.4, 0.5) is 0 Å². The Labute approximate surface area is 99.6 Å². The van der Waals surface area contributed by atoms with Gasteiger partial charge in [-0.3, -0.25) is 4.79 Å². The van der Waals surface area contributed by atoms with Crippen LogP contribution >= 0.6 is 0 Å². The molecule has 0 aliphatic carbocycles. The molecule has 1 amide bonds. The van der Waals surface area contributed by atoms with E-state index in [4.69, 9.17) is 5.73 Å². The van der Waals surface area contributed by atoms with Crippen LogP contribution in [0.1, 0.15) is 34.1 Å². The average Bonchev–Trinajstić information content (AvgIpc) is 2.27. The molecule has 0 aromatic heterocycles. The van der Waals surface area contributed by atoms with Crippen molar-refractivity contribution in [3.8, 4) is 0 Å². The lowest BCUT2D eigenvalue weighted by Gasteiger charge is -2.26. The summed E-state index contributed by atoms with van der Waals surface area (Å²) in [6.07, 6.45) is 0.773. The van der Waals surface area contributed by atoms with Crippen LogP contribution in [0.25, 0.3) is 0 Å². The Morgan fingerprint density at radius 3 is 2.44 bits per heavy atom. The van der Waals surface area contributed by atoms with Gasteiger partial charge >= 0.3 is 0 Å². The number of hydrogen-bond acceptors (Lipinski definition) is 3. The van der Waals surface area contributed by atoms with E-state index in [1.165, 1.54) is 0 Å². The molecule has 1 unspecified atom stereocenters. The molecule has 0 saturated heterocycles. The van der Waals surface area contributed by atoms with Gasteiger partial charge in [-0.25, -0.2) is 0 Å². The molecule has 4 nitrogen and oxygen atoms in total. The molecular weight excluding hydrogens is 202 g/mol. The molecule has 16 heavy (non-hydrogen) atoms. The van der Waals surface area contributed by atoms with Crippen LogP contribution in [-0.2, 0) is 4.79 Å². The fourth-order valence-electron chi connectivity index (χ4n) is 1.21. The Bertz CT molecular complexity index is 212. The van der Waals surface area contributed by atoms with E-state index in [0.717, 1.165) is 13.0 Å². The van der Waals surface area contributed by atoms with Gasteiger partial charge in [0.1, 0.15) is 0 Å². The second-order valence-corrected chi connectivity index (χ2v) is 4.95. The first kappa shape index (κ1) is 15.4. The van der Waals surface area contributed by atoms with Gasteiger partial charge in [-0.1, -0.05) is 6.92 Å². The fourth-order valence-corrected chi connectivity index (χ4v) is 1.21. The van der Waals surface area contributed by atoms with E-state index in [2.05, 4.69) is 31.1 Å². The zero-order chi connectivity index (χ0) is 12.8. The van der Waals surface area contributed by atoms with Crippen molar-refractivity contribution in [1.82, 2.24) is 10.2 Å². The molecule has 0 aromatic carbocycles. The van der Waals surface area contributed by atoms with Crippen molar-refractivity contribution in [3.05, 3.63) is 0 Å². The summed E-state index contributed by atoms with van der Waals surface area (Å²) < 4.78 is 0. The minimum absolute atomic E-state index is 0.0645. The van der Waals surface area contributed by atoms with E-state index < -0.39 is 5.41 Å². The molecule has 0 rings (SSSR count). The van der Waals surface area contributed by atoms with Gasteiger partial charge < -0.3 is 16.0 Å². The lowest BCUT2D eigenvalue weighted by atomic mass is 9.87. The average molecular weight is 229 g/mol. The summed E-state index contributed by atoms with van der Waals surface area (Å²) in [6.45, 7) is 10.1. The minimum Gasteiger partial charge on any atom is -0.354 e. The minimum atomic E-state index is -0.420. The number of rotatable bonds is 7. The van der Waals surface area contributed by atoms with Crippen LogP contribution in [-0.4, -0.2) is 43.5 Å². The summed E-state index contributed by atoms with van der Waals surface area (Å²) >= 11 is 0. The van der Waals surface area contributed by atoms with Gasteiger partial charge in [0.05, 0.1) is 5.41 Å². The van der Waals surface area contributed by atoms with Crippen molar-refractivity contribution in [2.24, 2.45) is 11.1 Å². The Kier molecular flexibility index (Phi) is 6.60. The lowest BCUT2D eigenvalue weighted by molar-refractivity contribution is -0.129. The Hall–Kier alpha value is -0.610. The van der Waals surface area contributed by atoms with Gasteiger partial charge in [0.15, 0.2) is 0 Å². The Balaban J connectivity index is 3.98. The normalized spacial score (nSPS) is 15.2. The molecule has 0 aromatic rings. The first-order valence-electron chi connectivity index (χ1n) is 6.06. The van der Waals surface area contributed by atoms with Crippen LogP contribution in [0.5, 0.6) is 0 Å². The van der Waals surface area contributed by atoms with Gasteiger partial charge in [0, 0.05) is 25.7 Å². The number of nitrogens with zero attached hydrogens (tertiary/aromatic N) is 1. The highest BCUT2D eigenvalue weighted by molar-refractivity contribution is 5.82. The van der Waals surface area contributed by atoms with Gasteiger partial charge in [0.2, 0.25) is 5.91 Å². The van der Waals surface area contributed by atoms with Crippen LogP contribution in [0, 0.1) is 5.41 Å². The van der Waals surface area contributed by atoms with Crippen LogP contribution < -0.4 is 11.1 Å². The summed E-state index contributed by atoms with van der Waals surface area (Å²) in [7, 11) is 2.05. The molecule has 0 bridgehead atoms. The quantitative estimate of drug-likeness (QED) is 0.679. The third-order valence-electron chi connectivity index (χ3n) is 3.41. The second kappa shape index (κ2) is 6.86. The molecule has 0 heterocycles. The molecule has 0 aliphatic heterocycles. The van der Waals surface area contributed by atoms with Crippen molar-refractivity contribution in [3.63, 3.8) is 0 Å². The molecule has 0 aliphatic rings. The summed E-state index contributed by atoms with van der Waals surface area (Å²) in [5, 5.41) is 2.95. The van der Waals surface area contributed by atoms with Gasteiger partial charge in [-0.05, 0) is 34.2 Å². The predicted molar refractivity (Wildman–Crippen MR) is 68.2 cm³/mol. The molecule has 0 radical (unpaired) electrons. The topological polar surface area (TPSA) is 58.4 Å². The second-order valence-electron chi connectivity index (χ2n) is 4.95. The fraction of sp³-hybridized carbons (Fsp3) is 0.917. The van der Waals surface area contributed by atoms with Crippen molar-refractivity contribution >= 4 is 5.91 Å². The molecule has 0 spiro atoms. The van der Waals surface area contributed by atoms with Gasteiger partial charge in [0.25, 0.3) is 0 Å². The third-order valence-corrected chi connectivity index (χ3v) is 3.41. The van der Waals surface area contributed by atoms with Crippen LogP contribution in [0.3, 0.4) is 0 Å². The third kappa shape index (κ3) is 4.49. The number of nitrogens with one attached hydrogen (secondary N) is 1. The molecular formula is C12H27N3O. The highest BCUT2D eigenvalue weighted by atomic mass is 16.2. The van der Waals surface area contributed by atoms with Crippen molar-refractivity contribution in [2.45, 2.75) is 40.2 Å². The standard InChI is InChI=1S/C12H27N3O/c1-6-12(4,9-13)11(16)14-7-8-15(5)10(2)3/h10H,6-9,13H2,1-5H3,(H,14,16). The number of amides is 1. The maximum absolute atomic E-state index is 11.9. The first-order valence-corrected chi connectivity index (χ1v) is 6.06. The zero-order valence-corrected chi connectivity index (χ0v) is 11.3. The van der Waals surface area contributed by atoms with Crippen molar-refractivity contribution < 1.29 is 4.79 Å². The number of carbonyl (C=O) groups excluding carboxylic acids is 1. The highest BCUT2D eigenvalue weighted by Crippen LogP contribution is 2.18. The smallest absolute Gasteiger partial charge is 0.227 e. The monoisotopic (exact) mass is 229 g/mol. The maximum atomic E-state index is 11.9. The first-order chi connectivity index (χ1) is 7.37. The molecule has 0 saturated carbocycles. The lowest BCUT2D eigenvalue weighted by Crippen LogP contribution is -2.46. The summed E-state index contributed by atoms with van der Waals surface area (Å²) in [5.74, 6) is 0.0645. The van der Waals surface area contributed by atoms with E-state index in [-0.39, 0.29) is 5.91 Å². The molecule has 0 fully saturated rings. The van der Waals surface area contributed by atoms with Crippen molar-refractivity contribution in [2.75, 3.05) is 26.7 Å². The van der Waals surface area contributed by atoms with E-state index in [1.807, 2.05) is 13.8 Å². The van der Waals surface area contributed by atoms with E-state index in [9.17, 15) is 4.79 Å². The maximum Gasteiger partial charge on any atom is 0.227 e. The van der Waals surface area contributed by atoms with Gasteiger partial charge in [-0.2, -0.15) is 0 Å². The highest BCUT2D eigenvalue weighted by Gasteiger charge is 2.29. The number of likely N-dealkylation sites (N-methyl/N-ethyl adjacent to an activating group) is 1. The summed E-state index contributed by atoms with van der Waals surface area (Å²) in [6, 6.07) is 0.504. The van der Waals surface area contributed by atoms with E-state index in [1.54, 1.807) is 0 Å². The van der Waals surface area contributed by atoms with Gasteiger partial charge in [-0.15, -0.1) is 0 Å². The van der Waals surface area contributed by atoms with Crippen LogP contribution in [0.15, 0.2) is 0 Å². The summed E-state index contributed by atoms with van der Waals surface area (Å²) in [5.41, 5.74) is 5.21. The number of carbonyl (C=O) groups is 1. The number of nitrogens with two attached hydrogens (primary N) is 1. The van der Waals surface area contributed by atoms with E-state index >= 15 is 0 Å². The largest absolute Gasteiger partial charge is 0.354 e. The number of hydrogen-bond donors (Lipinski definition) is 2. The zero-order valence-electron chi connectivity index (χ0n) is 11.3. The molecule has 4 heteroatoms. The Morgan fingerprint density at radius 1 is 1.50 bits per heavy atom. The summed E-state index contributed by atoms with van der Waals surface area (Å²) in [4.78, 5) is 14.1.